The summed E-state index contributed by atoms with van der Waals surface area (Å²) in [5, 5.41) is 31.3. The van der Waals surface area contributed by atoms with Gasteiger partial charge in [-0.15, -0.1) is 0 Å². The number of phenols is 1. The minimum atomic E-state index is -0.979. The maximum atomic E-state index is 13.1. The molecule has 0 spiro atoms. The second kappa shape index (κ2) is 10.4. The largest absolute Gasteiger partial charge is 0.508 e. The van der Waals surface area contributed by atoms with Crippen molar-refractivity contribution >= 4 is 11.9 Å². The average Bonchev–Trinajstić information content (AvgIpc) is 3.32. The molecule has 0 radical (unpaired) electrons. The van der Waals surface area contributed by atoms with Crippen LogP contribution in [-0.2, 0) is 11.3 Å². The van der Waals surface area contributed by atoms with Crippen molar-refractivity contribution in [2.45, 2.75) is 38.4 Å². The number of carboxylic acid groups (broad SMARTS) is 1. The molecule has 0 bridgehead atoms. The fourth-order valence-corrected chi connectivity index (χ4v) is 4.57. The molecule has 1 saturated heterocycles. The van der Waals surface area contributed by atoms with Gasteiger partial charge in [-0.05, 0) is 85.0 Å². The summed E-state index contributed by atoms with van der Waals surface area (Å²) in [5.74, 6) is -0.966. The van der Waals surface area contributed by atoms with E-state index in [4.69, 9.17) is 5.11 Å². The Morgan fingerprint density at radius 1 is 1.14 bits per heavy atom. The van der Waals surface area contributed by atoms with E-state index >= 15 is 0 Å². The number of nitriles is 1. The molecule has 0 aromatic heterocycles. The number of phenolic OH excluding ortho intramolecular Hbond substituents is 1. The number of nitrogens with zero attached hydrogens (tertiary/aromatic N) is 2. The molecule has 7 heteroatoms. The summed E-state index contributed by atoms with van der Waals surface area (Å²) in [5.41, 5.74) is 4.15. The van der Waals surface area contributed by atoms with E-state index < -0.39 is 5.97 Å². The molecular weight excluding hydrogens is 442 g/mol. The zero-order valence-electron chi connectivity index (χ0n) is 19.4. The number of benzene rings is 3. The average molecular weight is 470 g/mol. The van der Waals surface area contributed by atoms with Gasteiger partial charge in [0.25, 0.3) is 0 Å². The Kier molecular flexibility index (Phi) is 7.14. The van der Waals surface area contributed by atoms with Crippen LogP contribution in [0.4, 0.5) is 0 Å². The van der Waals surface area contributed by atoms with E-state index in [1.54, 1.807) is 36.4 Å². The Labute approximate surface area is 204 Å². The topological polar surface area (TPSA) is 114 Å². The number of carboxylic acids is 1. The van der Waals surface area contributed by atoms with Gasteiger partial charge < -0.3 is 15.5 Å². The smallest absolute Gasteiger partial charge is 0.335 e. The summed E-state index contributed by atoms with van der Waals surface area (Å²) >= 11 is 0. The molecule has 0 unspecified atom stereocenters. The molecule has 2 atom stereocenters. The maximum Gasteiger partial charge on any atom is 0.335 e. The Morgan fingerprint density at radius 2 is 1.91 bits per heavy atom. The van der Waals surface area contributed by atoms with E-state index in [9.17, 15) is 20.0 Å². The van der Waals surface area contributed by atoms with E-state index in [0.29, 0.717) is 12.1 Å². The summed E-state index contributed by atoms with van der Waals surface area (Å²) in [7, 11) is 0. The van der Waals surface area contributed by atoms with Gasteiger partial charge in [-0.2, -0.15) is 5.26 Å². The molecule has 1 amide bonds. The molecule has 4 rings (SSSR count). The van der Waals surface area contributed by atoms with E-state index in [1.165, 1.54) is 6.07 Å². The quantitative estimate of drug-likeness (QED) is 0.470. The van der Waals surface area contributed by atoms with Crippen LogP contribution in [0.1, 0.15) is 52.9 Å². The van der Waals surface area contributed by atoms with Crippen LogP contribution in [0.3, 0.4) is 0 Å². The summed E-state index contributed by atoms with van der Waals surface area (Å²) in [6.07, 6.45) is 1.70. The summed E-state index contributed by atoms with van der Waals surface area (Å²) in [4.78, 5) is 26.3. The van der Waals surface area contributed by atoms with E-state index in [-0.39, 0.29) is 29.3 Å². The minimum Gasteiger partial charge on any atom is -0.508 e. The summed E-state index contributed by atoms with van der Waals surface area (Å²) in [6, 6.07) is 20.9. The van der Waals surface area contributed by atoms with E-state index in [1.807, 2.05) is 31.2 Å². The molecule has 7 nitrogen and oxygen atoms in total. The van der Waals surface area contributed by atoms with Gasteiger partial charge in [-0.25, -0.2) is 4.79 Å². The van der Waals surface area contributed by atoms with Crippen molar-refractivity contribution in [3.63, 3.8) is 0 Å². The number of aromatic hydroxyl groups is 1. The van der Waals surface area contributed by atoms with Crippen molar-refractivity contribution in [1.82, 2.24) is 10.2 Å². The standard InChI is InChI=1S/C28H27N3O4/c1-18(20-7-9-21(10-8-20)28(34)35)30-27(33)26-6-3-13-31(26)17-19-4-2-5-22(14-19)25-12-11-24(32)15-23(25)16-29/h2,4-5,7-12,14-15,18,26,32H,3,6,13,17H2,1H3,(H,30,33)(H,34,35)/t18-,26+/m0/s1. The van der Waals surface area contributed by atoms with Gasteiger partial charge in [0.15, 0.2) is 0 Å². The Balaban J connectivity index is 1.45. The second-order valence-corrected chi connectivity index (χ2v) is 8.83. The summed E-state index contributed by atoms with van der Waals surface area (Å²) < 4.78 is 0. The van der Waals surface area contributed by atoms with Gasteiger partial charge in [0.2, 0.25) is 5.91 Å². The van der Waals surface area contributed by atoms with Crippen LogP contribution in [0.2, 0.25) is 0 Å². The molecule has 1 heterocycles. The number of amides is 1. The number of aromatic carboxylic acids is 1. The number of carbonyl (C=O) groups excluding carboxylic acids is 1. The van der Waals surface area contributed by atoms with Crippen LogP contribution in [-0.4, -0.2) is 39.6 Å². The van der Waals surface area contributed by atoms with Crippen LogP contribution in [0.25, 0.3) is 11.1 Å². The first kappa shape index (κ1) is 24.0. The second-order valence-electron chi connectivity index (χ2n) is 8.83. The van der Waals surface area contributed by atoms with Crippen molar-refractivity contribution < 1.29 is 19.8 Å². The molecule has 3 aromatic carbocycles. The molecule has 0 saturated carbocycles. The number of likely N-dealkylation sites (tertiary alicyclic amines) is 1. The third kappa shape index (κ3) is 5.51. The lowest BCUT2D eigenvalue weighted by molar-refractivity contribution is -0.126. The van der Waals surface area contributed by atoms with Crippen LogP contribution in [0.5, 0.6) is 5.75 Å². The molecule has 0 aliphatic carbocycles. The molecule has 1 aliphatic heterocycles. The van der Waals surface area contributed by atoms with Gasteiger partial charge in [0.05, 0.1) is 29.3 Å². The number of carbonyl (C=O) groups is 2. The molecule has 3 aromatic rings. The number of nitrogens with one attached hydrogen (secondary N) is 1. The SMILES string of the molecule is C[C@H](NC(=O)[C@H]1CCCN1Cc1cccc(-c2ccc(O)cc2C#N)c1)c1ccc(C(=O)O)cc1. The highest BCUT2D eigenvalue weighted by atomic mass is 16.4. The van der Waals surface area contributed by atoms with Gasteiger partial charge >= 0.3 is 5.97 Å². The van der Waals surface area contributed by atoms with Crippen LogP contribution in [0.15, 0.2) is 66.7 Å². The van der Waals surface area contributed by atoms with Crippen LogP contribution < -0.4 is 5.32 Å². The predicted octanol–water partition coefficient (Wildman–Crippen LogP) is 4.47. The lowest BCUT2D eigenvalue weighted by Crippen LogP contribution is -2.43. The monoisotopic (exact) mass is 469 g/mol. The van der Waals surface area contributed by atoms with Crippen molar-refractivity contribution in [3.8, 4) is 22.9 Å². The van der Waals surface area contributed by atoms with Crippen molar-refractivity contribution in [3.05, 3.63) is 89.0 Å². The zero-order chi connectivity index (χ0) is 24.9. The third-order valence-electron chi connectivity index (χ3n) is 6.43. The molecule has 1 fully saturated rings. The minimum absolute atomic E-state index is 0.0428. The highest BCUT2D eigenvalue weighted by Gasteiger charge is 2.31. The van der Waals surface area contributed by atoms with Crippen molar-refractivity contribution in [1.29, 1.82) is 5.26 Å². The lowest BCUT2D eigenvalue weighted by atomic mass is 9.98. The van der Waals surface area contributed by atoms with Crippen LogP contribution >= 0.6 is 0 Å². The van der Waals surface area contributed by atoms with Crippen LogP contribution in [0, 0.1) is 11.3 Å². The highest BCUT2D eigenvalue weighted by Crippen LogP contribution is 2.29. The molecule has 178 valence electrons. The summed E-state index contributed by atoms with van der Waals surface area (Å²) in [6.45, 7) is 3.31. The first-order valence-electron chi connectivity index (χ1n) is 11.6. The van der Waals surface area contributed by atoms with E-state index in [2.05, 4.69) is 16.3 Å². The third-order valence-corrected chi connectivity index (χ3v) is 6.43. The fourth-order valence-electron chi connectivity index (χ4n) is 4.57. The molecule has 1 aliphatic rings. The Bertz CT molecular complexity index is 1280. The van der Waals surface area contributed by atoms with Gasteiger partial charge in [-0.3, -0.25) is 9.69 Å². The molecule has 35 heavy (non-hydrogen) atoms. The molecule has 3 N–H and O–H groups in total. The predicted molar refractivity (Wildman–Crippen MR) is 132 cm³/mol. The first-order valence-corrected chi connectivity index (χ1v) is 11.6. The van der Waals surface area contributed by atoms with Gasteiger partial charge in [0.1, 0.15) is 5.75 Å². The highest BCUT2D eigenvalue weighted by molar-refractivity contribution is 5.87. The normalized spacial score (nSPS) is 16.4. The zero-order valence-corrected chi connectivity index (χ0v) is 19.4. The Hall–Kier alpha value is -4.15. The Morgan fingerprint density at radius 3 is 2.63 bits per heavy atom. The number of hydrogen-bond donors (Lipinski definition) is 3. The number of rotatable bonds is 7. The van der Waals surface area contributed by atoms with Crippen molar-refractivity contribution in [2.75, 3.05) is 6.54 Å². The van der Waals surface area contributed by atoms with Crippen molar-refractivity contribution in [2.24, 2.45) is 0 Å². The van der Waals surface area contributed by atoms with E-state index in [0.717, 1.165) is 41.6 Å². The number of hydrogen-bond acceptors (Lipinski definition) is 5. The molecular formula is C28H27N3O4. The fraction of sp³-hybridized carbons (Fsp3) is 0.250. The van der Waals surface area contributed by atoms with Gasteiger partial charge in [0, 0.05) is 6.54 Å². The maximum absolute atomic E-state index is 13.1. The van der Waals surface area contributed by atoms with Gasteiger partial charge in [-0.1, -0.05) is 30.3 Å². The lowest BCUT2D eigenvalue weighted by Gasteiger charge is -2.26. The first-order chi connectivity index (χ1) is 16.9.